The highest BCUT2D eigenvalue weighted by Crippen LogP contribution is 2.35. The van der Waals surface area contributed by atoms with Crippen LogP contribution in [0.4, 0.5) is 0 Å². The van der Waals surface area contributed by atoms with Crippen molar-refractivity contribution in [2.45, 2.75) is 47.0 Å². The fraction of sp³-hybridized carbons (Fsp3) is 0.562. The summed E-state index contributed by atoms with van der Waals surface area (Å²) in [5.41, 5.74) is 2.51. The maximum Gasteiger partial charge on any atom is 0.341 e. The molecule has 1 aromatic rings. The first-order chi connectivity index (χ1) is 8.81. The number of esters is 1. The van der Waals surface area contributed by atoms with Crippen molar-refractivity contribution in [3.8, 4) is 5.75 Å². The SMILES string of the molecule is CCOC(=O)c1cc(C)cc(C(C)(C)C)c1OCC. The summed E-state index contributed by atoms with van der Waals surface area (Å²) in [4.78, 5) is 12.1. The molecule has 0 aliphatic rings. The summed E-state index contributed by atoms with van der Waals surface area (Å²) in [6, 6.07) is 3.91. The molecule has 0 atom stereocenters. The number of ether oxygens (including phenoxy) is 2. The molecule has 0 bridgehead atoms. The summed E-state index contributed by atoms with van der Waals surface area (Å²) >= 11 is 0. The van der Waals surface area contributed by atoms with Crippen molar-refractivity contribution in [3.05, 3.63) is 28.8 Å². The maximum atomic E-state index is 12.1. The molecule has 3 heteroatoms. The molecule has 0 spiro atoms. The van der Waals surface area contributed by atoms with Gasteiger partial charge in [-0.2, -0.15) is 0 Å². The van der Waals surface area contributed by atoms with Gasteiger partial charge in [-0.1, -0.05) is 26.8 Å². The van der Waals surface area contributed by atoms with Gasteiger partial charge in [0.1, 0.15) is 11.3 Å². The van der Waals surface area contributed by atoms with Gasteiger partial charge in [-0.25, -0.2) is 4.79 Å². The van der Waals surface area contributed by atoms with Crippen molar-refractivity contribution >= 4 is 5.97 Å². The highest BCUT2D eigenvalue weighted by molar-refractivity contribution is 5.93. The predicted molar refractivity (Wildman–Crippen MR) is 77.0 cm³/mol. The van der Waals surface area contributed by atoms with Gasteiger partial charge in [-0.3, -0.25) is 0 Å². The zero-order chi connectivity index (χ0) is 14.6. The molecule has 0 aliphatic heterocycles. The number of carbonyl (C=O) groups excluding carboxylic acids is 1. The molecule has 0 heterocycles. The minimum Gasteiger partial charge on any atom is -0.493 e. The Morgan fingerprint density at radius 2 is 1.79 bits per heavy atom. The molecule has 0 fully saturated rings. The molecule has 3 nitrogen and oxygen atoms in total. The second kappa shape index (κ2) is 6.09. The van der Waals surface area contributed by atoms with Gasteiger partial charge in [0.2, 0.25) is 0 Å². The lowest BCUT2D eigenvalue weighted by Gasteiger charge is -2.25. The first kappa shape index (κ1) is 15.5. The van der Waals surface area contributed by atoms with Crippen LogP contribution in [0.3, 0.4) is 0 Å². The van der Waals surface area contributed by atoms with Gasteiger partial charge in [0.05, 0.1) is 13.2 Å². The molecule has 0 aromatic heterocycles. The second-order valence-electron chi connectivity index (χ2n) is 5.59. The molecule has 0 saturated carbocycles. The summed E-state index contributed by atoms with van der Waals surface area (Å²) in [7, 11) is 0. The number of aryl methyl sites for hydroxylation is 1. The smallest absolute Gasteiger partial charge is 0.341 e. The molecule has 1 rings (SSSR count). The third-order valence-electron chi connectivity index (χ3n) is 2.83. The van der Waals surface area contributed by atoms with E-state index < -0.39 is 0 Å². The molecular weight excluding hydrogens is 240 g/mol. The summed E-state index contributed by atoms with van der Waals surface area (Å²) in [5.74, 6) is 0.333. The molecule has 0 amide bonds. The van der Waals surface area contributed by atoms with Gasteiger partial charge in [-0.15, -0.1) is 0 Å². The lowest BCUT2D eigenvalue weighted by atomic mass is 9.84. The van der Waals surface area contributed by atoms with E-state index in [0.29, 0.717) is 24.5 Å². The van der Waals surface area contributed by atoms with Gasteiger partial charge in [0.15, 0.2) is 0 Å². The van der Waals surface area contributed by atoms with Crippen molar-refractivity contribution in [2.75, 3.05) is 13.2 Å². The van der Waals surface area contributed by atoms with Crippen LogP contribution in [-0.2, 0) is 10.2 Å². The predicted octanol–water partition coefficient (Wildman–Crippen LogP) is 3.87. The van der Waals surface area contributed by atoms with Gasteiger partial charge < -0.3 is 9.47 Å². The van der Waals surface area contributed by atoms with Gasteiger partial charge in [0.25, 0.3) is 0 Å². The van der Waals surface area contributed by atoms with Crippen molar-refractivity contribution in [3.63, 3.8) is 0 Å². The molecule has 1 aromatic carbocycles. The van der Waals surface area contributed by atoms with E-state index in [-0.39, 0.29) is 11.4 Å². The number of benzene rings is 1. The van der Waals surface area contributed by atoms with Crippen LogP contribution in [0, 0.1) is 6.92 Å². The van der Waals surface area contributed by atoms with E-state index in [1.165, 1.54) is 0 Å². The number of carbonyl (C=O) groups is 1. The Morgan fingerprint density at radius 1 is 1.16 bits per heavy atom. The topological polar surface area (TPSA) is 35.5 Å². The van der Waals surface area contributed by atoms with E-state index in [0.717, 1.165) is 11.1 Å². The quantitative estimate of drug-likeness (QED) is 0.774. The van der Waals surface area contributed by atoms with E-state index in [4.69, 9.17) is 9.47 Å². The fourth-order valence-electron chi connectivity index (χ4n) is 1.99. The molecule has 0 unspecified atom stereocenters. The van der Waals surface area contributed by atoms with Crippen LogP contribution in [0.5, 0.6) is 5.75 Å². The molecule has 19 heavy (non-hydrogen) atoms. The van der Waals surface area contributed by atoms with E-state index in [2.05, 4.69) is 26.8 Å². The van der Waals surface area contributed by atoms with Crippen LogP contribution < -0.4 is 4.74 Å². The summed E-state index contributed by atoms with van der Waals surface area (Å²) < 4.78 is 10.8. The van der Waals surface area contributed by atoms with Crippen molar-refractivity contribution in [1.29, 1.82) is 0 Å². The Kier molecular flexibility index (Phi) is 4.98. The van der Waals surface area contributed by atoms with Crippen LogP contribution in [-0.4, -0.2) is 19.2 Å². The lowest BCUT2D eigenvalue weighted by molar-refractivity contribution is 0.0521. The van der Waals surface area contributed by atoms with Crippen LogP contribution in [0.1, 0.15) is 56.1 Å². The third kappa shape index (κ3) is 3.72. The minimum atomic E-state index is -0.319. The Bertz CT molecular complexity index is 456. The zero-order valence-electron chi connectivity index (χ0n) is 12.8. The molecule has 0 saturated heterocycles. The summed E-state index contributed by atoms with van der Waals surface area (Å²) in [5, 5.41) is 0. The average Bonchev–Trinajstić information content (AvgIpc) is 2.30. The molecule has 0 radical (unpaired) electrons. The molecule has 0 N–H and O–H groups in total. The van der Waals surface area contributed by atoms with Gasteiger partial charge in [-0.05, 0) is 37.8 Å². The van der Waals surface area contributed by atoms with Crippen molar-refractivity contribution in [2.24, 2.45) is 0 Å². The second-order valence-corrected chi connectivity index (χ2v) is 5.59. The molecule has 0 aliphatic carbocycles. The molecule has 106 valence electrons. The first-order valence-electron chi connectivity index (χ1n) is 6.76. The van der Waals surface area contributed by atoms with Crippen molar-refractivity contribution in [1.82, 2.24) is 0 Å². The third-order valence-corrected chi connectivity index (χ3v) is 2.83. The van der Waals surface area contributed by atoms with Crippen LogP contribution >= 0.6 is 0 Å². The zero-order valence-corrected chi connectivity index (χ0v) is 12.8. The molecular formula is C16H24O3. The summed E-state index contributed by atoms with van der Waals surface area (Å²) in [6.07, 6.45) is 0. The van der Waals surface area contributed by atoms with Crippen LogP contribution in [0.2, 0.25) is 0 Å². The van der Waals surface area contributed by atoms with Crippen molar-refractivity contribution < 1.29 is 14.3 Å². The normalized spacial score (nSPS) is 11.3. The van der Waals surface area contributed by atoms with E-state index in [9.17, 15) is 4.79 Å². The Morgan fingerprint density at radius 3 is 2.26 bits per heavy atom. The summed E-state index contributed by atoms with van der Waals surface area (Å²) in [6.45, 7) is 12.9. The van der Waals surface area contributed by atoms with Crippen LogP contribution in [0.25, 0.3) is 0 Å². The minimum absolute atomic E-state index is 0.0855. The number of hydrogen-bond donors (Lipinski definition) is 0. The lowest BCUT2D eigenvalue weighted by Crippen LogP contribution is -2.17. The first-order valence-corrected chi connectivity index (χ1v) is 6.76. The van der Waals surface area contributed by atoms with Gasteiger partial charge in [0, 0.05) is 5.56 Å². The number of hydrogen-bond acceptors (Lipinski definition) is 3. The Hall–Kier alpha value is -1.51. The maximum absolute atomic E-state index is 12.1. The Labute approximate surface area is 115 Å². The van der Waals surface area contributed by atoms with E-state index >= 15 is 0 Å². The highest BCUT2D eigenvalue weighted by Gasteiger charge is 2.25. The van der Waals surface area contributed by atoms with E-state index in [1.807, 2.05) is 19.9 Å². The van der Waals surface area contributed by atoms with E-state index in [1.54, 1.807) is 6.92 Å². The van der Waals surface area contributed by atoms with Gasteiger partial charge >= 0.3 is 5.97 Å². The largest absolute Gasteiger partial charge is 0.493 e. The monoisotopic (exact) mass is 264 g/mol. The van der Waals surface area contributed by atoms with Crippen LogP contribution in [0.15, 0.2) is 12.1 Å². The standard InChI is InChI=1S/C16H24O3/c1-7-18-14-12(15(17)19-8-2)9-11(3)10-13(14)16(4,5)6/h9-10H,7-8H2,1-6H3. The number of rotatable bonds is 4. The average molecular weight is 264 g/mol. The Balaban J connectivity index is 3.44. The fourth-order valence-corrected chi connectivity index (χ4v) is 1.99. The highest BCUT2D eigenvalue weighted by atomic mass is 16.5.